The van der Waals surface area contributed by atoms with E-state index in [2.05, 4.69) is 0 Å². The summed E-state index contributed by atoms with van der Waals surface area (Å²) in [5.41, 5.74) is 7.25. The smallest absolute Gasteiger partial charge is 0.0595 e. The van der Waals surface area contributed by atoms with Crippen LogP contribution < -0.4 is 5.73 Å². The highest BCUT2D eigenvalue weighted by Gasteiger charge is 2.25. The number of halogens is 2. The first kappa shape index (κ1) is 10.3. The van der Waals surface area contributed by atoms with Gasteiger partial charge in [-0.1, -0.05) is 35.7 Å². The molecule has 0 saturated heterocycles. The van der Waals surface area contributed by atoms with Crippen LogP contribution in [0.15, 0.2) is 18.2 Å². The van der Waals surface area contributed by atoms with Gasteiger partial charge in [0.05, 0.1) is 10.0 Å². The highest BCUT2D eigenvalue weighted by atomic mass is 35.5. The third-order valence-electron chi connectivity index (χ3n) is 2.94. The lowest BCUT2D eigenvalue weighted by atomic mass is 9.95. The first-order chi connectivity index (χ1) is 6.68. The molecule has 0 unspecified atom stereocenters. The van der Waals surface area contributed by atoms with Gasteiger partial charge in [-0.2, -0.15) is 0 Å². The number of hydrogen-bond donors (Lipinski definition) is 1. The third-order valence-corrected chi connectivity index (χ3v) is 3.68. The van der Waals surface area contributed by atoms with Crippen molar-refractivity contribution in [1.82, 2.24) is 0 Å². The van der Waals surface area contributed by atoms with Crippen molar-refractivity contribution in [3.05, 3.63) is 33.8 Å². The van der Waals surface area contributed by atoms with E-state index in [0.29, 0.717) is 16.0 Å². The molecule has 0 heterocycles. The maximum Gasteiger partial charge on any atom is 0.0595 e. The van der Waals surface area contributed by atoms with Crippen molar-refractivity contribution in [1.29, 1.82) is 0 Å². The second-order valence-corrected chi connectivity index (χ2v) is 4.69. The Labute approximate surface area is 94.2 Å². The summed E-state index contributed by atoms with van der Waals surface area (Å²) in [6.45, 7) is 0. The normalized spacial score (nSPS) is 26.8. The molecular formula is C11H13Cl2N. The first-order valence-corrected chi connectivity index (χ1v) is 5.64. The van der Waals surface area contributed by atoms with E-state index in [1.807, 2.05) is 18.2 Å². The van der Waals surface area contributed by atoms with Gasteiger partial charge in [0, 0.05) is 6.04 Å². The Morgan fingerprint density at radius 3 is 2.50 bits per heavy atom. The van der Waals surface area contributed by atoms with Crippen LogP contribution in [0.4, 0.5) is 0 Å². The average molecular weight is 230 g/mol. The summed E-state index contributed by atoms with van der Waals surface area (Å²) < 4.78 is 0. The zero-order valence-corrected chi connectivity index (χ0v) is 9.35. The van der Waals surface area contributed by atoms with Gasteiger partial charge in [0.25, 0.3) is 0 Å². The second kappa shape index (κ2) is 4.09. The quantitative estimate of drug-likeness (QED) is 0.783. The van der Waals surface area contributed by atoms with E-state index in [9.17, 15) is 0 Å². The SMILES string of the molecule is N[C@H]1CCC[C@H]1c1ccc(Cl)c(Cl)c1. The van der Waals surface area contributed by atoms with Gasteiger partial charge in [-0.25, -0.2) is 0 Å². The lowest BCUT2D eigenvalue weighted by Crippen LogP contribution is -2.22. The van der Waals surface area contributed by atoms with Crippen LogP contribution in [0, 0.1) is 0 Å². The van der Waals surface area contributed by atoms with Gasteiger partial charge in [0.2, 0.25) is 0 Å². The van der Waals surface area contributed by atoms with Gasteiger partial charge in [0.1, 0.15) is 0 Å². The highest BCUT2D eigenvalue weighted by Crippen LogP contribution is 2.35. The lowest BCUT2D eigenvalue weighted by molar-refractivity contribution is 0.613. The molecule has 0 bridgehead atoms. The van der Waals surface area contributed by atoms with Crippen LogP contribution in [0.25, 0.3) is 0 Å². The molecule has 0 aliphatic heterocycles. The Kier molecular flexibility index (Phi) is 3.01. The topological polar surface area (TPSA) is 26.0 Å². The fourth-order valence-corrected chi connectivity index (χ4v) is 2.45. The molecule has 0 aromatic heterocycles. The van der Waals surface area contributed by atoms with Gasteiger partial charge in [-0.15, -0.1) is 0 Å². The molecule has 0 amide bonds. The molecular weight excluding hydrogens is 217 g/mol. The van der Waals surface area contributed by atoms with Crippen LogP contribution in [-0.4, -0.2) is 6.04 Å². The summed E-state index contributed by atoms with van der Waals surface area (Å²) in [5, 5.41) is 1.24. The molecule has 1 aromatic carbocycles. The molecule has 1 aliphatic carbocycles. The summed E-state index contributed by atoms with van der Waals surface area (Å²) >= 11 is 11.8. The Morgan fingerprint density at radius 1 is 1.14 bits per heavy atom. The molecule has 2 N–H and O–H groups in total. The monoisotopic (exact) mass is 229 g/mol. The lowest BCUT2D eigenvalue weighted by Gasteiger charge is -2.16. The summed E-state index contributed by atoms with van der Waals surface area (Å²) in [7, 11) is 0. The first-order valence-electron chi connectivity index (χ1n) is 4.89. The Hall–Kier alpha value is -0.240. The molecule has 14 heavy (non-hydrogen) atoms. The average Bonchev–Trinajstić information content (AvgIpc) is 2.57. The molecule has 1 saturated carbocycles. The number of nitrogens with two attached hydrogens (primary N) is 1. The molecule has 1 nitrogen and oxygen atoms in total. The summed E-state index contributed by atoms with van der Waals surface area (Å²) in [4.78, 5) is 0. The largest absolute Gasteiger partial charge is 0.327 e. The van der Waals surface area contributed by atoms with Gasteiger partial charge in [-0.05, 0) is 36.5 Å². The van der Waals surface area contributed by atoms with E-state index < -0.39 is 0 Å². The van der Waals surface area contributed by atoms with Crippen molar-refractivity contribution >= 4 is 23.2 Å². The van der Waals surface area contributed by atoms with Gasteiger partial charge < -0.3 is 5.73 Å². The molecule has 2 atom stereocenters. The number of rotatable bonds is 1. The fraction of sp³-hybridized carbons (Fsp3) is 0.455. The van der Waals surface area contributed by atoms with E-state index in [0.717, 1.165) is 6.42 Å². The van der Waals surface area contributed by atoms with Crippen molar-refractivity contribution < 1.29 is 0 Å². The number of benzene rings is 1. The van der Waals surface area contributed by atoms with E-state index in [1.165, 1.54) is 18.4 Å². The summed E-state index contributed by atoms with van der Waals surface area (Å²) in [5.74, 6) is 0.463. The molecule has 1 fully saturated rings. The predicted octanol–water partition coefficient (Wildman–Crippen LogP) is 3.59. The zero-order valence-electron chi connectivity index (χ0n) is 7.84. The second-order valence-electron chi connectivity index (χ2n) is 3.87. The molecule has 2 rings (SSSR count). The zero-order chi connectivity index (χ0) is 10.1. The highest BCUT2D eigenvalue weighted by molar-refractivity contribution is 6.42. The Balaban J connectivity index is 2.28. The minimum Gasteiger partial charge on any atom is -0.327 e. The summed E-state index contributed by atoms with van der Waals surface area (Å²) in [6.07, 6.45) is 3.50. The Bertz CT molecular complexity index is 338. The van der Waals surface area contributed by atoms with Crippen molar-refractivity contribution in [2.24, 2.45) is 5.73 Å². The minimum absolute atomic E-state index is 0.284. The van der Waals surface area contributed by atoms with Crippen LogP contribution in [0.1, 0.15) is 30.7 Å². The molecule has 1 aromatic rings. The van der Waals surface area contributed by atoms with Crippen molar-refractivity contribution in [3.63, 3.8) is 0 Å². The number of hydrogen-bond acceptors (Lipinski definition) is 1. The van der Waals surface area contributed by atoms with E-state index >= 15 is 0 Å². The minimum atomic E-state index is 0.284. The van der Waals surface area contributed by atoms with Crippen LogP contribution in [-0.2, 0) is 0 Å². The molecule has 0 radical (unpaired) electrons. The maximum atomic E-state index is 6.02. The Morgan fingerprint density at radius 2 is 1.93 bits per heavy atom. The van der Waals surface area contributed by atoms with E-state index in [1.54, 1.807) is 0 Å². The molecule has 76 valence electrons. The van der Waals surface area contributed by atoms with Crippen LogP contribution >= 0.6 is 23.2 Å². The fourth-order valence-electron chi connectivity index (χ4n) is 2.15. The van der Waals surface area contributed by atoms with Gasteiger partial charge in [0.15, 0.2) is 0 Å². The standard InChI is InChI=1S/C11H13Cl2N/c12-9-5-4-7(6-10(9)13)8-2-1-3-11(8)14/h4-6,8,11H,1-3,14H2/t8-,11-/m0/s1. The van der Waals surface area contributed by atoms with Crippen molar-refractivity contribution in [2.75, 3.05) is 0 Å². The van der Waals surface area contributed by atoms with Crippen LogP contribution in [0.5, 0.6) is 0 Å². The van der Waals surface area contributed by atoms with Crippen molar-refractivity contribution in [2.45, 2.75) is 31.2 Å². The van der Waals surface area contributed by atoms with Gasteiger partial charge >= 0.3 is 0 Å². The molecule has 0 spiro atoms. The third kappa shape index (κ3) is 1.90. The summed E-state index contributed by atoms with van der Waals surface area (Å²) in [6, 6.07) is 6.11. The van der Waals surface area contributed by atoms with E-state index in [-0.39, 0.29) is 6.04 Å². The van der Waals surface area contributed by atoms with Crippen LogP contribution in [0.2, 0.25) is 10.0 Å². The molecule has 3 heteroatoms. The van der Waals surface area contributed by atoms with Gasteiger partial charge in [-0.3, -0.25) is 0 Å². The molecule has 1 aliphatic rings. The van der Waals surface area contributed by atoms with E-state index in [4.69, 9.17) is 28.9 Å². The predicted molar refractivity (Wildman–Crippen MR) is 61.0 cm³/mol. The van der Waals surface area contributed by atoms with Crippen molar-refractivity contribution in [3.8, 4) is 0 Å². The maximum absolute atomic E-state index is 6.02. The van der Waals surface area contributed by atoms with Crippen LogP contribution in [0.3, 0.4) is 0 Å².